The van der Waals surface area contributed by atoms with Crippen LogP contribution in [0, 0.1) is 24.2 Å². The number of carbonyl (C=O) groups is 3. The Balaban J connectivity index is 1.81. The number of carbonyl (C=O) groups excluding carboxylic acids is 3. The molecule has 0 radical (unpaired) electrons. The number of benzene rings is 1. The molecule has 11 heteroatoms. The normalized spacial score (nSPS) is 16.8. The molecule has 3 amide bonds. The maximum atomic E-state index is 14.0. The molecule has 258 valence electrons. The Morgan fingerprint density at radius 1 is 1.06 bits per heavy atom. The van der Waals surface area contributed by atoms with Crippen molar-refractivity contribution in [3.63, 3.8) is 0 Å². The monoisotopic (exact) mass is 667 g/mol. The molecule has 1 aliphatic rings. The van der Waals surface area contributed by atoms with Gasteiger partial charge in [-0.15, -0.1) is 23.7 Å². The second-order valence-electron chi connectivity index (χ2n) is 13.1. The van der Waals surface area contributed by atoms with E-state index in [1.807, 2.05) is 49.6 Å². The number of rotatable bonds is 19. The highest BCUT2D eigenvalue weighted by Gasteiger charge is 2.34. The number of aromatic nitrogens is 1. The average molecular weight is 668 g/mol. The van der Waals surface area contributed by atoms with Crippen molar-refractivity contribution >= 4 is 29.1 Å². The molecule has 0 spiro atoms. The van der Waals surface area contributed by atoms with Gasteiger partial charge in [-0.3, -0.25) is 14.4 Å². The zero-order valence-electron chi connectivity index (χ0n) is 28.1. The second-order valence-corrected chi connectivity index (χ2v) is 13.8. The van der Waals surface area contributed by atoms with E-state index in [1.54, 1.807) is 17.5 Å². The molecule has 0 saturated heterocycles. The van der Waals surface area contributed by atoms with Gasteiger partial charge in [-0.05, 0) is 24.3 Å². The van der Waals surface area contributed by atoms with E-state index >= 15 is 0 Å². The molecule has 0 unspecified atom stereocenters. The number of thiazole rings is 1. The van der Waals surface area contributed by atoms with Gasteiger partial charge < -0.3 is 31.1 Å². The third kappa shape index (κ3) is 13.4. The van der Waals surface area contributed by atoms with Gasteiger partial charge in [-0.1, -0.05) is 76.3 Å². The fourth-order valence-electron chi connectivity index (χ4n) is 6.07. The molecule has 1 aliphatic carbocycles. The van der Waals surface area contributed by atoms with E-state index in [-0.39, 0.29) is 25.2 Å². The number of amides is 3. The van der Waals surface area contributed by atoms with Crippen molar-refractivity contribution in [2.24, 2.45) is 11.8 Å². The molecule has 5 N–H and O–H groups in total. The van der Waals surface area contributed by atoms with Crippen LogP contribution in [0.3, 0.4) is 0 Å². The first-order valence-electron chi connectivity index (χ1n) is 16.9. The largest absolute Gasteiger partial charge is 0.389 e. The zero-order valence-corrected chi connectivity index (χ0v) is 28.9. The minimum absolute atomic E-state index is 0.0226. The molecule has 10 nitrogen and oxygen atoms in total. The smallest absolute Gasteiger partial charge is 0.243 e. The van der Waals surface area contributed by atoms with Gasteiger partial charge in [-0.25, -0.2) is 4.98 Å². The molecular weight excluding hydrogens is 614 g/mol. The van der Waals surface area contributed by atoms with Crippen LogP contribution in [0.1, 0.15) is 76.5 Å². The third-order valence-corrected chi connectivity index (χ3v) is 9.48. The maximum Gasteiger partial charge on any atom is 0.243 e. The molecule has 1 aromatic carbocycles. The van der Waals surface area contributed by atoms with E-state index < -0.39 is 42.0 Å². The molecule has 0 aliphatic heterocycles. The molecule has 1 heterocycles. The van der Waals surface area contributed by atoms with Crippen molar-refractivity contribution in [3.05, 3.63) is 52.5 Å². The van der Waals surface area contributed by atoms with Gasteiger partial charge in [0.2, 0.25) is 17.7 Å². The number of likely N-dealkylation sites (N-methyl/N-ethyl adjacent to an activating group) is 1. The highest BCUT2D eigenvalue weighted by Crippen LogP contribution is 2.29. The summed E-state index contributed by atoms with van der Waals surface area (Å²) in [6.45, 7) is 5.22. The predicted molar refractivity (Wildman–Crippen MR) is 185 cm³/mol. The summed E-state index contributed by atoms with van der Waals surface area (Å²) in [5.74, 6) is 0.897. The summed E-state index contributed by atoms with van der Waals surface area (Å²) < 4.78 is 0. The van der Waals surface area contributed by atoms with Gasteiger partial charge in [0.1, 0.15) is 12.1 Å². The SMILES string of the molecule is C#CC[C@H](O)[C@H](O)[C@H](CC1CCCCC1)NC(=O)[C@H](Cc1cscn1)NC(=O)[C@@H](CC(=O)N(C)CCNC(C)C)Cc1ccccc1. The van der Waals surface area contributed by atoms with Crippen LogP contribution >= 0.6 is 11.3 Å². The van der Waals surface area contributed by atoms with E-state index in [4.69, 9.17) is 6.42 Å². The first-order chi connectivity index (χ1) is 22.6. The Kier molecular flexibility index (Phi) is 16.4. The van der Waals surface area contributed by atoms with Gasteiger partial charge in [0.25, 0.3) is 0 Å². The number of hydrogen-bond acceptors (Lipinski definition) is 8. The lowest BCUT2D eigenvalue weighted by atomic mass is 9.82. The fraction of sp³-hybridized carbons (Fsp3) is 0.611. The van der Waals surface area contributed by atoms with Crippen LogP contribution in [0.15, 0.2) is 41.2 Å². The van der Waals surface area contributed by atoms with Crippen molar-refractivity contribution in [1.82, 2.24) is 25.8 Å². The molecule has 47 heavy (non-hydrogen) atoms. The van der Waals surface area contributed by atoms with Crippen LogP contribution in [0.5, 0.6) is 0 Å². The van der Waals surface area contributed by atoms with Gasteiger partial charge in [0.05, 0.1) is 29.3 Å². The number of aliphatic hydroxyl groups is 2. The van der Waals surface area contributed by atoms with E-state index in [1.165, 1.54) is 11.3 Å². The molecule has 3 rings (SSSR count). The lowest BCUT2D eigenvalue weighted by molar-refractivity contribution is -0.136. The van der Waals surface area contributed by atoms with Crippen molar-refractivity contribution in [2.45, 2.75) is 108 Å². The van der Waals surface area contributed by atoms with Crippen LogP contribution in [-0.2, 0) is 27.2 Å². The zero-order chi connectivity index (χ0) is 34.2. The van der Waals surface area contributed by atoms with Gasteiger partial charge in [-0.2, -0.15) is 0 Å². The Morgan fingerprint density at radius 2 is 1.79 bits per heavy atom. The first-order valence-corrected chi connectivity index (χ1v) is 17.8. The Bertz CT molecular complexity index is 1260. The molecule has 1 aromatic heterocycles. The quantitative estimate of drug-likeness (QED) is 0.145. The highest BCUT2D eigenvalue weighted by atomic mass is 32.1. The fourth-order valence-corrected chi connectivity index (χ4v) is 6.64. The van der Waals surface area contributed by atoms with E-state index in [2.05, 4.69) is 26.9 Å². The maximum absolute atomic E-state index is 14.0. The summed E-state index contributed by atoms with van der Waals surface area (Å²) >= 11 is 1.39. The van der Waals surface area contributed by atoms with Crippen molar-refractivity contribution in [3.8, 4) is 12.3 Å². The number of terminal acetylenes is 1. The molecule has 5 atom stereocenters. The second kappa shape index (κ2) is 20.2. The van der Waals surface area contributed by atoms with Crippen molar-refractivity contribution in [1.29, 1.82) is 0 Å². The summed E-state index contributed by atoms with van der Waals surface area (Å²) in [4.78, 5) is 47.2. The number of hydrogen-bond donors (Lipinski definition) is 5. The average Bonchev–Trinajstić information content (AvgIpc) is 3.57. The van der Waals surface area contributed by atoms with Crippen LogP contribution in [0.2, 0.25) is 0 Å². The minimum Gasteiger partial charge on any atom is -0.389 e. The summed E-state index contributed by atoms with van der Waals surface area (Å²) in [5, 5.41) is 32.7. The van der Waals surface area contributed by atoms with Gasteiger partial charge in [0, 0.05) is 50.8 Å². The van der Waals surface area contributed by atoms with Gasteiger partial charge >= 0.3 is 0 Å². The Hall–Kier alpha value is -3.30. The summed E-state index contributed by atoms with van der Waals surface area (Å²) in [6, 6.07) is 8.03. The van der Waals surface area contributed by atoms with Crippen LogP contribution in [0.4, 0.5) is 0 Å². The van der Waals surface area contributed by atoms with Crippen LogP contribution < -0.4 is 16.0 Å². The van der Waals surface area contributed by atoms with Gasteiger partial charge in [0.15, 0.2) is 0 Å². The van der Waals surface area contributed by atoms with E-state index in [0.717, 1.165) is 37.7 Å². The molecule has 2 aromatic rings. The standard InChI is InChI=1S/C36H53N5O5S/c1-5-12-32(42)34(44)30(20-27-15-10-7-11-16-27)39-36(46)31(22-29-23-47-24-38-29)40-35(45)28(19-26-13-8-6-9-14-26)21-33(43)41(4)18-17-37-25(2)3/h1,6,8-9,13-14,23-25,27-28,30-32,34,37,42,44H,7,10-12,15-22H2,2-4H3,(H,39,46)(H,40,45)/t28-,30+,31+,32+,34-/m1/s1. The number of nitrogens with zero attached hydrogens (tertiary/aromatic N) is 2. The first kappa shape index (κ1) is 38.2. The molecule has 0 bridgehead atoms. The minimum atomic E-state index is -1.27. The Labute approximate surface area is 284 Å². The topological polar surface area (TPSA) is 144 Å². The lowest BCUT2D eigenvalue weighted by Gasteiger charge is -2.33. The summed E-state index contributed by atoms with van der Waals surface area (Å²) in [5.41, 5.74) is 3.21. The summed E-state index contributed by atoms with van der Waals surface area (Å²) in [7, 11) is 1.73. The van der Waals surface area contributed by atoms with Crippen molar-refractivity contribution in [2.75, 3.05) is 20.1 Å². The van der Waals surface area contributed by atoms with Crippen molar-refractivity contribution < 1.29 is 24.6 Å². The van der Waals surface area contributed by atoms with Crippen LogP contribution in [0.25, 0.3) is 0 Å². The molecular formula is C36H53N5O5S. The lowest BCUT2D eigenvalue weighted by Crippen LogP contribution is -2.56. The Morgan fingerprint density at radius 3 is 2.43 bits per heavy atom. The number of nitrogens with one attached hydrogen (secondary N) is 3. The van der Waals surface area contributed by atoms with Crippen LogP contribution in [-0.4, -0.2) is 88.3 Å². The van der Waals surface area contributed by atoms with E-state index in [0.29, 0.717) is 43.6 Å². The summed E-state index contributed by atoms with van der Waals surface area (Å²) in [6.07, 6.45) is 9.13. The number of aliphatic hydroxyl groups excluding tert-OH is 2. The molecule has 1 fully saturated rings. The van der Waals surface area contributed by atoms with E-state index in [9.17, 15) is 24.6 Å². The highest BCUT2D eigenvalue weighted by molar-refractivity contribution is 7.07. The predicted octanol–water partition coefficient (Wildman–Crippen LogP) is 3.08. The third-order valence-electron chi connectivity index (χ3n) is 8.85. The molecule has 1 saturated carbocycles.